The second-order valence-electron chi connectivity index (χ2n) is 5.67. The van der Waals surface area contributed by atoms with Gasteiger partial charge in [0.1, 0.15) is 0 Å². The standard InChI is InChI=1S/C20H22N2O2/c1-3-12-22(14-17-6-4-16(13-21)5-7-17)20(23)19-10-8-18(9-11-19)15-24-2/h4-11H,3,12,14-15H2,1-2H3. The molecule has 2 aromatic rings. The maximum atomic E-state index is 12.8. The largest absolute Gasteiger partial charge is 0.380 e. The van der Waals surface area contributed by atoms with Crippen molar-refractivity contribution >= 4 is 5.91 Å². The lowest BCUT2D eigenvalue weighted by Crippen LogP contribution is -2.31. The van der Waals surface area contributed by atoms with Gasteiger partial charge in [0.15, 0.2) is 0 Å². The predicted octanol–water partition coefficient (Wildman–Crippen LogP) is 3.76. The summed E-state index contributed by atoms with van der Waals surface area (Å²) in [4.78, 5) is 14.6. The van der Waals surface area contributed by atoms with Crippen LogP contribution in [0.5, 0.6) is 0 Å². The number of nitriles is 1. The molecule has 0 saturated carbocycles. The molecule has 4 nitrogen and oxygen atoms in total. The molecule has 124 valence electrons. The van der Waals surface area contributed by atoms with Crippen molar-refractivity contribution < 1.29 is 9.53 Å². The quantitative estimate of drug-likeness (QED) is 0.780. The number of carbonyl (C=O) groups excluding carboxylic acids is 1. The minimum absolute atomic E-state index is 0.0187. The van der Waals surface area contributed by atoms with Gasteiger partial charge in [-0.25, -0.2) is 0 Å². The lowest BCUT2D eigenvalue weighted by atomic mass is 10.1. The van der Waals surface area contributed by atoms with Crippen LogP contribution < -0.4 is 0 Å². The van der Waals surface area contributed by atoms with E-state index in [0.29, 0.717) is 30.8 Å². The fourth-order valence-electron chi connectivity index (χ4n) is 2.52. The average Bonchev–Trinajstić information content (AvgIpc) is 2.62. The lowest BCUT2D eigenvalue weighted by Gasteiger charge is -2.22. The van der Waals surface area contributed by atoms with Crippen molar-refractivity contribution in [3.8, 4) is 6.07 Å². The van der Waals surface area contributed by atoms with E-state index in [9.17, 15) is 4.79 Å². The van der Waals surface area contributed by atoms with Crippen LogP contribution in [0.25, 0.3) is 0 Å². The number of benzene rings is 2. The molecule has 0 atom stereocenters. The van der Waals surface area contributed by atoms with E-state index in [-0.39, 0.29) is 5.91 Å². The fraction of sp³-hybridized carbons (Fsp3) is 0.300. The number of carbonyl (C=O) groups is 1. The first-order valence-electron chi connectivity index (χ1n) is 8.04. The zero-order valence-corrected chi connectivity index (χ0v) is 14.2. The zero-order valence-electron chi connectivity index (χ0n) is 14.2. The molecule has 0 bridgehead atoms. The zero-order chi connectivity index (χ0) is 17.4. The van der Waals surface area contributed by atoms with Gasteiger partial charge in [-0.1, -0.05) is 31.2 Å². The smallest absolute Gasteiger partial charge is 0.254 e. The topological polar surface area (TPSA) is 53.3 Å². The van der Waals surface area contributed by atoms with Crippen LogP contribution in [-0.4, -0.2) is 24.5 Å². The lowest BCUT2D eigenvalue weighted by molar-refractivity contribution is 0.0743. The van der Waals surface area contributed by atoms with Gasteiger partial charge in [0, 0.05) is 25.8 Å². The SMILES string of the molecule is CCCN(Cc1ccc(C#N)cc1)C(=O)c1ccc(COC)cc1. The van der Waals surface area contributed by atoms with E-state index in [1.165, 1.54) is 0 Å². The first-order valence-corrected chi connectivity index (χ1v) is 8.04. The van der Waals surface area contributed by atoms with Crippen LogP contribution in [0.2, 0.25) is 0 Å². The van der Waals surface area contributed by atoms with Crippen LogP contribution in [0.3, 0.4) is 0 Å². The molecule has 2 rings (SSSR count). The van der Waals surface area contributed by atoms with Crippen molar-refractivity contribution in [3.05, 3.63) is 70.8 Å². The van der Waals surface area contributed by atoms with Crippen molar-refractivity contribution in [2.24, 2.45) is 0 Å². The molecule has 0 aliphatic rings. The summed E-state index contributed by atoms with van der Waals surface area (Å²) >= 11 is 0. The Kier molecular flexibility index (Phi) is 6.53. The highest BCUT2D eigenvalue weighted by molar-refractivity contribution is 5.94. The van der Waals surface area contributed by atoms with E-state index in [2.05, 4.69) is 13.0 Å². The number of amides is 1. The predicted molar refractivity (Wildman–Crippen MR) is 93.3 cm³/mol. The molecule has 4 heteroatoms. The van der Waals surface area contributed by atoms with Crippen molar-refractivity contribution in [1.82, 2.24) is 4.90 Å². The van der Waals surface area contributed by atoms with Crippen molar-refractivity contribution in [3.63, 3.8) is 0 Å². The number of rotatable bonds is 7. The molecule has 0 aromatic heterocycles. The molecular formula is C20H22N2O2. The Hall–Kier alpha value is -2.64. The second kappa shape index (κ2) is 8.85. The summed E-state index contributed by atoms with van der Waals surface area (Å²) in [6.07, 6.45) is 0.893. The molecule has 0 unspecified atom stereocenters. The van der Waals surface area contributed by atoms with E-state index in [4.69, 9.17) is 10.00 Å². The summed E-state index contributed by atoms with van der Waals surface area (Å²) in [5.74, 6) is 0.0187. The maximum absolute atomic E-state index is 12.8. The molecule has 0 spiro atoms. The van der Waals surface area contributed by atoms with Gasteiger partial charge >= 0.3 is 0 Å². The number of ether oxygens (including phenoxy) is 1. The monoisotopic (exact) mass is 322 g/mol. The van der Waals surface area contributed by atoms with E-state index in [1.807, 2.05) is 41.3 Å². The summed E-state index contributed by atoms with van der Waals surface area (Å²) in [5, 5.41) is 8.87. The van der Waals surface area contributed by atoms with Gasteiger partial charge in [-0.3, -0.25) is 4.79 Å². The Morgan fingerprint density at radius 3 is 2.25 bits per heavy atom. The van der Waals surface area contributed by atoms with Gasteiger partial charge in [0.2, 0.25) is 0 Å². The van der Waals surface area contributed by atoms with Crippen molar-refractivity contribution in [1.29, 1.82) is 5.26 Å². The summed E-state index contributed by atoms with van der Waals surface area (Å²) in [6.45, 7) is 3.83. The first kappa shape index (κ1) is 17.7. The Morgan fingerprint density at radius 1 is 1.08 bits per heavy atom. The van der Waals surface area contributed by atoms with Crippen molar-refractivity contribution in [2.75, 3.05) is 13.7 Å². The van der Waals surface area contributed by atoms with E-state index in [0.717, 1.165) is 17.5 Å². The number of hydrogen-bond donors (Lipinski definition) is 0. The highest BCUT2D eigenvalue weighted by atomic mass is 16.5. The van der Waals surface area contributed by atoms with E-state index >= 15 is 0 Å². The van der Waals surface area contributed by atoms with Gasteiger partial charge in [0.25, 0.3) is 5.91 Å². The van der Waals surface area contributed by atoms with Gasteiger partial charge in [0.05, 0.1) is 18.2 Å². The van der Waals surface area contributed by atoms with Crippen LogP contribution in [0.4, 0.5) is 0 Å². The maximum Gasteiger partial charge on any atom is 0.254 e. The summed E-state index contributed by atoms with van der Waals surface area (Å²) in [5.41, 5.74) is 3.37. The van der Waals surface area contributed by atoms with Crippen LogP contribution in [0.15, 0.2) is 48.5 Å². The number of nitrogens with zero attached hydrogens (tertiary/aromatic N) is 2. The van der Waals surface area contributed by atoms with Crippen LogP contribution in [0, 0.1) is 11.3 Å². The summed E-state index contributed by atoms with van der Waals surface area (Å²) in [7, 11) is 1.65. The Balaban J connectivity index is 2.13. The van der Waals surface area contributed by atoms with Crippen molar-refractivity contribution in [2.45, 2.75) is 26.5 Å². The minimum atomic E-state index is 0.0187. The highest BCUT2D eigenvalue weighted by Crippen LogP contribution is 2.13. The summed E-state index contributed by atoms with van der Waals surface area (Å²) < 4.78 is 5.09. The third-order valence-corrected chi connectivity index (χ3v) is 3.75. The molecular weight excluding hydrogens is 300 g/mol. The summed E-state index contributed by atoms with van der Waals surface area (Å²) in [6, 6.07) is 17.0. The minimum Gasteiger partial charge on any atom is -0.380 e. The van der Waals surface area contributed by atoms with Crippen LogP contribution >= 0.6 is 0 Å². The van der Waals surface area contributed by atoms with Crippen LogP contribution in [0.1, 0.15) is 40.4 Å². The Labute approximate surface area is 143 Å². The van der Waals surface area contributed by atoms with E-state index in [1.54, 1.807) is 19.2 Å². The highest BCUT2D eigenvalue weighted by Gasteiger charge is 2.15. The molecule has 1 amide bonds. The second-order valence-corrected chi connectivity index (χ2v) is 5.67. The van der Waals surface area contributed by atoms with Gasteiger partial charge < -0.3 is 9.64 Å². The number of hydrogen-bond acceptors (Lipinski definition) is 3. The Bertz CT molecular complexity index is 700. The molecule has 2 aromatic carbocycles. The van der Waals surface area contributed by atoms with E-state index < -0.39 is 0 Å². The molecule has 0 aliphatic carbocycles. The average molecular weight is 322 g/mol. The van der Waals surface area contributed by atoms with Crippen LogP contribution in [-0.2, 0) is 17.9 Å². The molecule has 0 radical (unpaired) electrons. The number of methoxy groups -OCH3 is 1. The molecule has 0 saturated heterocycles. The molecule has 0 N–H and O–H groups in total. The van der Waals surface area contributed by atoms with Gasteiger partial charge in [-0.05, 0) is 41.8 Å². The normalized spacial score (nSPS) is 10.2. The third kappa shape index (κ3) is 4.68. The molecule has 24 heavy (non-hydrogen) atoms. The Morgan fingerprint density at radius 2 is 1.71 bits per heavy atom. The molecule has 0 aliphatic heterocycles. The van der Waals surface area contributed by atoms with Gasteiger partial charge in [-0.15, -0.1) is 0 Å². The third-order valence-electron chi connectivity index (χ3n) is 3.75. The molecule has 0 heterocycles. The fourth-order valence-corrected chi connectivity index (χ4v) is 2.52. The first-order chi connectivity index (χ1) is 11.7. The van der Waals surface area contributed by atoms with Gasteiger partial charge in [-0.2, -0.15) is 5.26 Å². The molecule has 0 fully saturated rings.